The summed E-state index contributed by atoms with van der Waals surface area (Å²) < 4.78 is 0. The van der Waals surface area contributed by atoms with Crippen LogP contribution in [0.1, 0.15) is 46.0 Å². The van der Waals surface area contributed by atoms with Crippen molar-refractivity contribution in [2.75, 3.05) is 13.2 Å². The van der Waals surface area contributed by atoms with E-state index < -0.39 is 0 Å². The van der Waals surface area contributed by atoms with Gasteiger partial charge in [0.15, 0.2) is 0 Å². The second-order valence-electron chi connectivity index (χ2n) is 3.93. The molecule has 0 aliphatic rings. The molecule has 0 saturated heterocycles. The lowest BCUT2D eigenvalue weighted by atomic mass is 9.95. The van der Waals surface area contributed by atoms with Crippen molar-refractivity contribution in [2.24, 2.45) is 0 Å². The highest BCUT2D eigenvalue weighted by Crippen LogP contribution is 2.13. The van der Waals surface area contributed by atoms with Crippen LogP contribution < -0.4 is 5.32 Å². The van der Waals surface area contributed by atoms with Crippen LogP contribution in [0, 0.1) is 11.3 Å². The van der Waals surface area contributed by atoms with Crippen molar-refractivity contribution in [1.82, 2.24) is 5.32 Å². The summed E-state index contributed by atoms with van der Waals surface area (Å²) in [5, 5.41) is 20.7. The monoisotopic (exact) mass is 198 g/mol. The summed E-state index contributed by atoms with van der Waals surface area (Å²) in [6.45, 7) is 5.42. The van der Waals surface area contributed by atoms with Gasteiger partial charge in [-0.3, -0.25) is 0 Å². The second-order valence-corrected chi connectivity index (χ2v) is 3.93. The van der Waals surface area contributed by atoms with Gasteiger partial charge in [0.2, 0.25) is 0 Å². The Morgan fingerprint density at radius 3 is 2.64 bits per heavy atom. The number of nitrogens with one attached hydrogen (secondary N) is 1. The highest BCUT2D eigenvalue weighted by Gasteiger charge is 2.19. The number of aliphatic hydroxyl groups excluding tert-OH is 1. The molecule has 0 rings (SSSR count). The maximum Gasteiger partial charge on any atom is 0.0621 e. The number of hydrogen-bond donors (Lipinski definition) is 2. The first-order chi connectivity index (χ1) is 6.68. The summed E-state index contributed by atoms with van der Waals surface area (Å²) in [6.07, 6.45) is 4.45. The molecule has 0 saturated carbocycles. The molecule has 0 bridgehead atoms. The molecule has 0 aromatic carbocycles. The van der Waals surface area contributed by atoms with Gasteiger partial charge in [0.1, 0.15) is 0 Å². The highest BCUT2D eigenvalue weighted by atomic mass is 16.3. The lowest BCUT2D eigenvalue weighted by Gasteiger charge is -2.29. The molecule has 1 unspecified atom stereocenters. The Kier molecular flexibility index (Phi) is 7.45. The van der Waals surface area contributed by atoms with E-state index in [2.05, 4.69) is 25.2 Å². The molecule has 1 atom stereocenters. The van der Waals surface area contributed by atoms with Crippen LogP contribution in [0.3, 0.4) is 0 Å². The van der Waals surface area contributed by atoms with Crippen molar-refractivity contribution in [2.45, 2.75) is 51.5 Å². The molecule has 0 radical (unpaired) electrons. The fraction of sp³-hybridized carbons (Fsp3) is 0.909. The molecule has 0 aromatic heterocycles. The van der Waals surface area contributed by atoms with E-state index in [1.807, 2.05) is 0 Å². The number of hydrogen-bond acceptors (Lipinski definition) is 3. The van der Waals surface area contributed by atoms with Crippen LogP contribution in [0.25, 0.3) is 0 Å². The van der Waals surface area contributed by atoms with Crippen molar-refractivity contribution in [3.8, 4) is 6.07 Å². The molecule has 0 amide bonds. The van der Waals surface area contributed by atoms with E-state index in [1.165, 1.54) is 0 Å². The third-order valence-corrected chi connectivity index (χ3v) is 2.71. The van der Waals surface area contributed by atoms with Gasteiger partial charge in [0.05, 0.1) is 6.07 Å². The molecule has 0 aromatic rings. The van der Waals surface area contributed by atoms with E-state index in [0.29, 0.717) is 6.42 Å². The second kappa shape index (κ2) is 7.78. The average molecular weight is 198 g/mol. The predicted octanol–water partition coefficient (Wildman–Crippen LogP) is 1.82. The van der Waals surface area contributed by atoms with Gasteiger partial charge in [-0.2, -0.15) is 5.26 Å². The third kappa shape index (κ3) is 5.95. The zero-order valence-electron chi connectivity index (χ0n) is 9.34. The molecule has 0 fully saturated rings. The first kappa shape index (κ1) is 13.4. The molecule has 0 aliphatic carbocycles. The number of rotatable bonds is 8. The highest BCUT2D eigenvalue weighted by molar-refractivity contribution is 4.81. The predicted molar refractivity (Wildman–Crippen MR) is 57.9 cm³/mol. The number of aliphatic hydroxyl groups is 1. The lowest BCUT2D eigenvalue weighted by Crippen LogP contribution is -2.43. The molecule has 82 valence electrons. The van der Waals surface area contributed by atoms with Crippen LogP contribution >= 0.6 is 0 Å². The zero-order chi connectivity index (χ0) is 10.9. The summed E-state index contributed by atoms with van der Waals surface area (Å²) in [7, 11) is 0. The fourth-order valence-electron chi connectivity index (χ4n) is 1.36. The van der Waals surface area contributed by atoms with E-state index in [9.17, 15) is 0 Å². The Morgan fingerprint density at radius 2 is 2.14 bits per heavy atom. The van der Waals surface area contributed by atoms with Gasteiger partial charge in [-0.1, -0.05) is 6.92 Å². The Labute approximate surface area is 87.1 Å². The maximum absolute atomic E-state index is 8.89. The minimum Gasteiger partial charge on any atom is -0.396 e. The van der Waals surface area contributed by atoms with Gasteiger partial charge >= 0.3 is 0 Å². The zero-order valence-corrected chi connectivity index (χ0v) is 9.34. The molecule has 14 heavy (non-hydrogen) atoms. The van der Waals surface area contributed by atoms with E-state index in [1.54, 1.807) is 0 Å². The molecule has 2 N–H and O–H groups in total. The lowest BCUT2D eigenvalue weighted by molar-refractivity contribution is 0.215. The summed E-state index contributed by atoms with van der Waals surface area (Å²) >= 11 is 0. The number of nitrogens with zero attached hydrogens (tertiary/aromatic N) is 1. The van der Waals surface area contributed by atoms with Crippen LogP contribution in [0.5, 0.6) is 0 Å². The molecular formula is C11H22N2O. The van der Waals surface area contributed by atoms with Gasteiger partial charge in [-0.25, -0.2) is 0 Å². The standard InChI is InChI=1S/C11H22N2O/c1-3-11(2,7-10-14)13-9-6-4-5-8-12/h13-14H,3-7,9-10H2,1-2H3. The van der Waals surface area contributed by atoms with E-state index in [4.69, 9.17) is 10.4 Å². The third-order valence-electron chi connectivity index (χ3n) is 2.71. The quantitative estimate of drug-likeness (QED) is 0.585. The molecule has 0 heterocycles. The topological polar surface area (TPSA) is 56.0 Å². The Hall–Kier alpha value is -0.590. The van der Waals surface area contributed by atoms with Crippen molar-refractivity contribution in [3.05, 3.63) is 0 Å². The minimum atomic E-state index is 0.0569. The Balaban J connectivity index is 3.57. The van der Waals surface area contributed by atoms with Crippen LogP contribution in [-0.4, -0.2) is 23.8 Å². The van der Waals surface area contributed by atoms with Crippen molar-refractivity contribution >= 4 is 0 Å². The van der Waals surface area contributed by atoms with Gasteiger partial charge in [0, 0.05) is 18.6 Å². The summed E-state index contributed by atoms with van der Waals surface area (Å²) in [4.78, 5) is 0. The molecule has 3 nitrogen and oxygen atoms in total. The normalized spacial score (nSPS) is 14.7. The summed E-state index contributed by atoms with van der Waals surface area (Å²) in [6, 6.07) is 2.14. The van der Waals surface area contributed by atoms with Crippen molar-refractivity contribution in [3.63, 3.8) is 0 Å². The van der Waals surface area contributed by atoms with Crippen LogP contribution in [0.15, 0.2) is 0 Å². The average Bonchev–Trinajstić information content (AvgIpc) is 2.18. The SMILES string of the molecule is CCC(C)(CCO)NCCCCC#N. The van der Waals surface area contributed by atoms with E-state index in [0.717, 1.165) is 32.2 Å². The number of unbranched alkanes of at least 4 members (excludes halogenated alkanes) is 2. The minimum absolute atomic E-state index is 0.0569. The summed E-state index contributed by atoms with van der Waals surface area (Å²) in [5.74, 6) is 0. The van der Waals surface area contributed by atoms with Crippen molar-refractivity contribution in [1.29, 1.82) is 5.26 Å². The molecule has 3 heteroatoms. The summed E-state index contributed by atoms with van der Waals surface area (Å²) in [5.41, 5.74) is 0.0569. The molecule has 0 aliphatic heterocycles. The maximum atomic E-state index is 8.89. The first-order valence-electron chi connectivity index (χ1n) is 5.41. The number of nitriles is 1. The van der Waals surface area contributed by atoms with Gasteiger partial charge in [-0.05, 0) is 39.2 Å². The van der Waals surface area contributed by atoms with E-state index in [-0.39, 0.29) is 12.1 Å². The van der Waals surface area contributed by atoms with Crippen LogP contribution in [0.4, 0.5) is 0 Å². The van der Waals surface area contributed by atoms with Crippen LogP contribution in [0.2, 0.25) is 0 Å². The van der Waals surface area contributed by atoms with Gasteiger partial charge < -0.3 is 10.4 Å². The van der Waals surface area contributed by atoms with Crippen molar-refractivity contribution < 1.29 is 5.11 Å². The Morgan fingerprint density at radius 1 is 1.43 bits per heavy atom. The largest absolute Gasteiger partial charge is 0.396 e. The van der Waals surface area contributed by atoms with E-state index >= 15 is 0 Å². The van der Waals surface area contributed by atoms with Crippen LogP contribution in [-0.2, 0) is 0 Å². The fourth-order valence-corrected chi connectivity index (χ4v) is 1.36. The Bertz CT molecular complexity index is 177. The molecular weight excluding hydrogens is 176 g/mol. The first-order valence-corrected chi connectivity index (χ1v) is 5.41. The smallest absolute Gasteiger partial charge is 0.0621 e. The molecule has 0 spiro atoms. The van der Waals surface area contributed by atoms with Gasteiger partial charge in [0.25, 0.3) is 0 Å². The van der Waals surface area contributed by atoms with Gasteiger partial charge in [-0.15, -0.1) is 0 Å².